The Labute approximate surface area is 135 Å². The first-order valence-electron chi connectivity index (χ1n) is 7.44. The maximum atomic E-state index is 13.9. The molecular weight excluding hydrogens is 316 g/mol. The molecule has 8 heteroatoms. The molecule has 0 aliphatic heterocycles. The Morgan fingerprint density at radius 3 is 2.96 bits per heavy atom. The highest BCUT2D eigenvalue weighted by Crippen LogP contribution is 2.40. The number of carbonyl (C=O) groups is 1. The van der Waals surface area contributed by atoms with Gasteiger partial charge in [0.2, 0.25) is 5.91 Å². The van der Waals surface area contributed by atoms with Crippen molar-refractivity contribution in [3.8, 4) is 5.82 Å². The molecule has 1 aliphatic rings. The Hall–Kier alpha value is -2.90. The molecule has 4 rings (SSSR count). The Morgan fingerprint density at radius 2 is 2.17 bits per heavy atom. The van der Waals surface area contributed by atoms with E-state index in [1.54, 1.807) is 30.6 Å². The molecule has 24 heavy (non-hydrogen) atoms. The summed E-state index contributed by atoms with van der Waals surface area (Å²) < 4.78 is 29.3. The van der Waals surface area contributed by atoms with E-state index in [9.17, 15) is 13.6 Å². The second-order valence-corrected chi connectivity index (χ2v) is 5.75. The summed E-state index contributed by atoms with van der Waals surface area (Å²) in [7, 11) is 0. The van der Waals surface area contributed by atoms with E-state index >= 15 is 0 Å². The van der Waals surface area contributed by atoms with Crippen molar-refractivity contribution in [2.24, 2.45) is 0 Å². The highest BCUT2D eigenvalue weighted by molar-refractivity contribution is 5.90. The lowest BCUT2D eigenvalue weighted by atomic mass is 10.2. The molecule has 0 bridgehead atoms. The van der Waals surface area contributed by atoms with Crippen LogP contribution in [-0.2, 0) is 17.1 Å². The van der Waals surface area contributed by atoms with E-state index in [1.807, 2.05) is 0 Å². The van der Waals surface area contributed by atoms with Gasteiger partial charge in [-0.25, -0.2) is 14.6 Å². The van der Waals surface area contributed by atoms with Crippen LogP contribution < -0.4 is 5.32 Å². The smallest absolute Gasteiger partial charge is 0.290 e. The minimum Gasteiger partial charge on any atom is -0.311 e. The van der Waals surface area contributed by atoms with Crippen LogP contribution in [0.15, 0.2) is 30.6 Å². The van der Waals surface area contributed by atoms with Gasteiger partial charge in [-0.1, -0.05) is 6.07 Å². The second-order valence-electron chi connectivity index (χ2n) is 5.75. The number of halogens is 2. The molecule has 0 spiro atoms. The first kappa shape index (κ1) is 14.7. The summed E-state index contributed by atoms with van der Waals surface area (Å²) in [4.78, 5) is 19.4. The van der Waals surface area contributed by atoms with Gasteiger partial charge >= 0.3 is 0 Å². The number of anilines is 1. The van der Waals surface area contributed by atoms with Crippen LogP contribution in [0.5, 0.6) is 0 Å². The number of nitrogens with zero attached hydrogens (tertiary/aromatic N) is 4. The molecule has 3 aromatic heterocycles. The van der Waals surface area contributed by atoms with Crippen molar-refractivity contribution in [1.82, 2.24) is 19.7 Å². The predicted octanol–water partition coefficient (Wildman–Crippen LogP) is 2.81. The third-order valence-corrected chi connectivity index (χ3v) is 3.99. The molecule has 0 radical (unpaired) electrons. The maximum absolute atomic E-state index is 13.9. The van der Waals surface area contributed by atoms with Crippen LogP contribution in [0.4, 0.5) is 14.6 Å². The van der Waals surface area contributed by atoms with E-state index in [1.165, 1.54) is 11.6 Å². The Balaban J connectivity index is 1.84. The van der Waals surface area contributed by atoms with Gasteiger partial charge in [-0.15, -0.1) is 0 Å². The number of amides is 1. The molecule has 1 N–H and O–H groups in total. The molecule has 0 saturated carbocycles. The van der Waals surface area contributed by atoms with Gasteiger partial charge < -0.3 is 5.32 Å². The van der Waals surface area contributed by atoms with Crippen molar-refractivity contribution in [1.29, 1.82) is 0 Å². The van der Waals surface area contributed by atoms with Crippen molar-refractivity contribution >= 4 is 22.6 Å². The number of nitrogens with one attached hydrogen (secondary N) is 1. The molecule has 0 saturated heterocycles. The fourth-order valence-electron chi connectivity index (χ4n) is 2.88. The summed E-state index contributed by atoms with van der Waals surface area (Å²) in [6.45, 7) is 1.38. The molecule has 0 aromatic carbocycles. The molecular formula is C16H13F2N5O. The van der Waals surface area contributed by atoms with Gasteiger partial charge in [-0.05, 0) is 18.1 Å². The highest BCUT2D eigenvalue weighted by Gasteiger charge is 2.41. The molecule has 0 atom stereocenters. The average Bonchev–Trinajstić information content (AvgIpc) is 3.07. The monoisotopic (exact) mass is 329 g/mol. The first-order valence-corrected chi connectivity index (χ1v) is 7.44. The van der Waals surface area contributed by atoms with Gasteiger partial charge in [-0.3, -0.25) is 4.79 Å². The van der Waals surface area contributed by atoms with Gasteiger partial charge in [0.1, 0.15) is 11.5 Å². The number of carbonyl (C=O) groups excluding carboxylic acids is 1. The van der Waals surface area contributed by atoms with E-state index in [-0.39, 0.29) is 18.0 Å². The van der Waals surface area contributed by atoms with E-state index < -0.39 is 5.92 Å². The fourth-order valence-corrected chi connectivity index (χ4v) is 2.88. The largest absolute Gasteiger partial charge is 0.311 e. The summed E-state index contributed by atoms with van der Waals surface area (Å²) >= 11 is 0. The van der Waals surface area contributed by atoms with E-state index in [0.717, 1.165) is 5.39 Å². The zero-order valence-corrected chi connectivity index (χ0v) is 12.8. The standard InChI is InChI=1S/C16H13F2N5O/c1-9(24)21-13-6-12-11(7-19-13)8-20-23(12)14-3-2-10-4-5-16(17,18)15(10)22-14/h2-3,6-8H,4-5H2,1H3,(H,19,21,24). The molecule has 1 aliphatic carbocycles. The molecule has 1 amide bonds. The number of aryl methyl sites for hydroxylation is 1. The SMILES string of the molecule is CC(=O)Nc1cc2c(cn1)cnn2-c1ccc2c(n1)C(F)(F)CC2. The zero-order chi connectivity index (χ0) is 16.9. The van der Waals surface area contributed by atoms with Gasteiger partial charge in [0.15, 0.2) is 5.82 Å². The zero-order valence-electron chi connectivity index (χ0n) is 12.8. The number of alkyl halides is 2. The third-order valence-electron chi connectivity index (χ3n) is 3.99. The van der Waals surface area contributed by atoms with Crippen molar-refractivity contribution in [3.63, 3.8) is 0 Å². The summed E-state index contributed by atoms with van der Waals surface area (Å²) in [5.41, 5.74) is 1.02. The summed E-state index contributed by atoms with van der Waals surface area (Å²) in [5, 5.41) is 7.52. The van der Waals surface area contributed by atoms with Crippen molar-refractivity contribution in [2.45, 2.75) is 25.7 Å². The van der Waals surface area contributed by atoms with Crippen molar-refractivity contribution in [3.05, 3.63) is 41.9 Å². The predicted molar refractivity (Wildman–Crippen MR) is 83.2 cm³/mol. The highest BCUT2D eigenvalue weighted by atomic mass is 19.3. The molecule has 0 fully saturated rings. The van der Waals surface area contributed by atoms with Crippen LogP contribution in [0.1, 0.15) is 24.6 Å². The molecule has 3 aromatic rings. The Morgan fingerprint density at radius 1 is 1.33 bits per heavy atom. The third kappa shape index (κ3) is 2.31. The number of fused-ring (bicyclic) bond motifs is 2. The van der Waals surface area contributed by atoms with Crippen LogP contribution in [0.3, 0.4) is 0 Å². The number of aromatic nitrogens is 4. The lowest BCUT2D eigenvalue weighted by molar-refractivity contribution is -0.114. The number of hydrogen-bond acceptors (Lipinski definition) is 4. The topological polar surface area (TPSA) is 72.7 Å². The molecule has 122 valence electrons. The Bertz CT molecular complexity index is 966. The van der Waals surface area contributed by atoms with Crippen LogP contribution >= 0.6 is 0 Å². The van der Waals surface area contributed by atoms with Crippen LogP contribution in [0.25, 0.3) is 16.7 Å². The minimum atomic E-state index is -2.91. The second kappa shape index (κ2) is 5.05. The van der Waals surface area contributed by atoms with Crippen molar-refractivity contribution in [2.75, 3.05) is 5.32 Å². The number of hydrogen-bond donors (Lipinski definition) is 1. The summed E-state index contributed by atoms with van der Waals surface area (Å²) in [5.74, 6) is -2.48. The van der Waals surface area contributed by atoms with Crippen molar-refractivity contribution < 1.29 is 13.6 Å². The number of pyridine rings is 2. The van der Waals surface area contributed by atoms with Crippen LogP contribution in [-0.4, -0.2) is 25.7 Å². The van der Waals surface area contributed by atoms with Crippen LogP contribution in [0.2, 0.25) is 0 Å². The van der Waals surface area contributed by atoms with E-state index in [0.29, 0.717) is 29.1 Å². The molecule has 0 unspecified atom stereocenters. The summed E-state index contributed by atoms with van der Waals surface area (Å²) in [6, 6.07) is 4.98. The quantitative estimate of drug-likeness (QED) is 0.785. The van der Waals surface area contributed by atoms with E-state index in [4.69, 9.17) is 0 Å². The molecule has 3 heterocycles. The lowest BCUT2D eigenvalue weighted by Gasteiger charge is -2.11. The van der Waals surface area contributed by atoms with Gasteiger partial charge in [0.05, 0.1) is 11.7 Å². The molecule has 6 nitrogen and oxygen atoms in total. The maximum Gasteiger partial charge on any atom is 0.290 e. The average molecular weight is 329 g/mol. The van der Waals surface area contributed by atoms with Gasteiger partial charge in [0.25, 0.3) is 5.92 Å². The Kier molecular flexibility index (Phi) is 3.09. The minimum absolute atomic E-state index is 0.181. The van der Waals surface area contributed by atoms with Crippen LogP contribution in [0, 0.1) is 0 Å². The lowest BCUT2D eigenvalue weighted by Crippen LogP contribution is -2.12. The van der Waals surface area contributed by atoms with E-state index in [2.05, 4.69) is 20.4 Å². The normalized spacial score (nSPS) is 15.5. The fraction of sp³-hybridized carbons (Fsp3) is 0.250. The van der Waals surface area contributed by atoms with Gasteiger partial charge in [-0.2, -0.15) is 13.9 Å². The first-order chi connectivity index (χ1) is 11.4. The number of rotatable bonds is 2. The van der Waals surface area contributed by atoms with Gasteiger partial charge in [0, 0.05) is 31.0 Å². The summed E-state index contributed by atoms with van der Waals surface area (Å²) in [6.07, 6.45) is 3.25.